The molecule has 12 N–H and O–H groups in total. The van der Waals surface area contributed by atoms with Crippen molar-refractivity contribution in [3.63, 3.8) is 0 Å². The Morgan fingerprint density at radius 1 is 0.885 bits per heavy atom. The summed E-state index contributed by atoms with van der Waals surface area (Å²) in [5.41, 5.74) is 19.1. The first-order chi connectivity index (χ1) is 11.9. The van der Waals surface area contributed by atoms with Crippen LogP contribution in [0, 0.1) is 0 Å². The monoisotopic (exact) mass is 379 g/mol. The average molecular weight is 379 g/mol. The molecule has 1 aliphatic heterocycles. The van der Waals surface area contributed by atoms with Gasteiger partial charge in [-0.25, -0.2) is 0 Å². The summed E-state index contributed by atoms with van der Waals surface area (Å²) in [6.07, 6.45) is 1.16. The highest BCUT2D eigenvalue weighted by Crippen LogP contribution is 2.03. The van der Waals surface area contributed by atoms with Gasteiger partial charge in [0.25, 0.3) is 0 Å². The topological polar surface area (TPSA) is 262 Å². The van der Waals surface area contributed by atoms with Gasteiger partial charge in [0.1, 0.15) is 18.1 Å². The first kappa shape index (κ1) is 25.5. The van der Waals surface area contributed by atoms with E-state index in [1.54, 1.807) is 0 Å². The summed E-state index contributed by atoms with van der Waals surface area (Å²) >= 11 is 0. The highest BCUT2D eigenvalue weighted by atomic mass is 16.4. The molecule has 3 atom stereocenters. The third-order valence-electron chi connectivity index (χ3n) is 2.83. The number of rotatable bonds is 7. The van der Waals surface area contributed by atoms with E-state index in [0.717, 1.165) is 19.4 Å². The minimum Gasteiger partial charge on any atom is -0.480 e. The fourth-order valence-corrected chi connectivity index (χ4v) is 1.50. The van der Waals surface area contributed by atoms with Crippen LogP contribution in [0.15, 0.2) is 0 Å². The fourth-order valence-electron chi connectivity index (χ4n) is 1.50. The molecule has 13 heteroatoms. The van der Waals surface area contributed by atoms with E-state index in [-0.39, 0.29) is 18.9 Å². The fraction of sp³-hybridized carbons (Fsp3) is 0.615. The van der Waals surface area contributed by atoms with Crippen molar-refractivity contribution < 1.29 is 39.3 Å². The maximum atomic E-state index is 10.1. The van der Waals surface area contributed by atoms with Gasteiger partial charge in [0.15, 0.2) is 0 Å². The second-order valence-electron chi connectivity index (χ2n) is 5.22. The largest absolute Gasteiger partial charge is 0.480 e. The van der Waals surface area contributed by atoms with Crippen LogP contribution in [0.4, 0.5) is 0 Å². The number of aliphatic carboxylic acids is 3. The number of carboxylic acids is 3. The summed E-state index contributed by atoms with van der Waals surface area (Å²) in [5.74, 6) is -4.56. The molecular weight excluding hydrogens is 354 g/mol. The number of carbonyl (C=O) groups is 5. The molecule has 0 saturated carbocycles. The van der Waals surface area contributed by atoms with Crippen molar-refractivity contribution in [1.82, 2.24) is 5.32 Å². The molecule has 0 bridgehead atoms. The standard InChI is InChI=1S/C5H9NO2.2C4H8N2O3/c7-5(8)4-2-1-3-6-4;2*5-2(4(8)9)1-3(6)7/h4,6H,1-3H2,(H,7,8);2*2H,1,5H2,(H2,6,7)(H,8,9)/t4-;2*2-/m000/s1. The molecule has 0 aromatic heterocycles. The van der Waals surface area contributed by atoms with Crippen LogP contribution >= 0.6 is 0 Å². The molecule has 0 radical (unpaired) electrons. The summed E-state index contributed by atoms with van der Waals surface area (Å²) in [4.78, 5) is 49.9. The van der Waals surface area contributed by atoms with Crippen LogP contribution < -0.4 is 28.3 Å². The Morgan fingerprint density at radius 3 is 1.38 bits per heavy atom. The molecule has 1 fully saturated rings. The Bertz CT molecular complexity index is 475. The summed E-state index contributed by atoms with van der Waals surface area (Å²) in [7, 11) is 0. The number of carboxylic acid groups (broad SMARTS) is 3. The molecule has 2 amide bonds. The van der Waals surface area contributed by atoms with Gasteiger partial charge in [-0.3, -0.25) is 24.0 Å². The molecule has 1 rings (SSSR count). The Labute approximate surface area is 148 Å². The van der Waals surface area contributed by atoms with E-state index < -0.39 is 41.8 Å². The number of hydrogen-bond acceptors (Lipinski definition) is 8. The van der Waals surface area contributed by atoms with E-state index in [1.165, 1.54) is 0 Å². The third-order valence-corrected chi connectivity index (χ3v) is 2.83. The lowest BCUT2D eigenvalue weighted by Gasteiger charge is -1.99. The van der Waals surface area contributed by atoms with Gasteiger partial charge >= 0.3 is 17.9 Å². The number of primary amides is 2. The summed E-state index contributed by atoms with van der Waals surface area (Å²) < 4.78 is 0. The van der Waals surface area contributed by atoms with Crippen molar-refractivity contribution in [2.24, 2.45) is 22.9 Å². The van der Waals surface area contributed by atoms with Gasteiger partial charge in [0, 0.05) is 0 Å². The zero-order valence-corrected chi connectivity index (χ0v) is 14.0. The average Bonchev–Trinajstić information content (AvgIpc) is 3.01. The summed E-state index contributed by atoms with van der Waals surface area (Å²) in [6.45, 7) is 0.858. The molecule has 150 valence electrons. The Balaban J connectivity index is 0. The van der Waals surface area contributed by atoms with Crippen molar-refractivity contribution in [2.75, 3.05) is 6.54 Å². The number of carbonyl (C=O) groups excluding carboxylic acids is 2. The predicted molar refractivity (Wildman–Crippen MR) is 87.5 cm³/mol. The Morgan fingerprint density at radius 2 is 1.27 bits per heavy atom. The highest BCUT2D eigenvalue weighted by molar-refractivity contribution is 5.83. The zero-order valence-electron chi connectivity index (χ0n) is 14.0. The first-order valence-electron chi connectivity index (χ1n) is 7.38. The molecule has 13 nitrogen and oxygen atoms in total. The lowest BCUT2D eigenvalue weighted by molar-refractivity contribution is -0.140. The van der Waals surface area contributed by atoms with Crippen molar-refractivity contribution in [3.8, 4) is 0 Å². The lowest BCUT2D eigenvalue weighted by Crippen LogP contribution is -2.34. The van der Waals surface area contributed by atoms with Crippen molar-refractivity contribution in [3.05, 3.63) is 0 Å². The minimum absolute atomic E-state index is 0.269. The molecule has 0 aromatic rings. The Hall–Kier alpha value is -2.77. The quantitative estimate of drug-likeness (QED) is 0.214. The first-order valence-corrected chi connectivity index (χ1v) is 7.38. The zero-order chi connectivity index (χ0) is 20.9. The Kier molecular flexibility index (Phi) is 13.2. The molecule has 26 heavy (non-hydrogen) atoms. The number of nitrogens with two attached hydrogens (primary N) is 4. The third kappa shape index (κ3) is 14.8. The van der Waals surface area contributed by atoms with E-state index in [2.05, 4.69) is 16.8 Å². The van der Waals surface area contributed by atoms with Crippen LogP contribution in [-0.4, -0.2) is 69.7 Å². The molecule has 0 aromatic carbocycles. The maximum absolute atomic E-state index is 10.1. The molecule has 1 heterocycles. The van der Waals surface area contributed by atoms with Gasteiger partial charge in [-0.15, -0.1) is 0 Å². The highest BCUT2D eigenvalue weighted by Gasteiger charge is 2.20. The number of amides is 2. The van der Waals surface area contributed by atoms with Crippen LogP contribution in [0.2, 0.25) is 0 Å². The molecule has 0 spiro atoms. The number of hydrogen-bond donors (Lipinski definition) is 8. The van der Waals surface area contributed by atoms with Gasteiger partial charge in [0.05, 0.1) is 12.8 Å². The van der Waals surface area contributed by atoms with Crippen molar-refractivity contribution in [2.45, 2.75) is 43.8 Å². The van der Waals surface area contributed by atoms with Gasteiger partial charge < -0.3 is 43.6 Å². The minimum atomic E-state index is -1.21. The van der Waals surface area contributed by atoms with Gasteiger partial charge in [-0.05, 0) is 19.4 Å². The summed E-state index contributed by atoms with van der Waals surface area (Å²) in [5, 5.41) is 27.4. The van der Waals surface area contributed by atoms with Crippen LogP contribution in [0.1, 0.15) is 25.7 Å². The molecule has 0 aliphatic carbocycles. The lowest BCUT2D eigenvalue weighted by atomic mass is 10.2. The van der Waals surface area contributed by atoms with E-state index >= 15 is 0 Å². The van der Waals surface area contributed by atoms with Gasteiger partial charge in [-0.1, -0.05) is 0 Å². The van der Waals surface area contributed by atoms with Crippen molar-refractivity contribution >= 4 is 29.7 Å². The van der Waals surface area contributed by atoms with Crippen LogP contribution in [-0.2, 0) is 24.0 Å². The van der Waals surface area contributed by atoms with Crippen LogP contribution in [0.25, 0.3) is 0 Å². The molecule has 1 aliphatic rings. The van der Waals surface area contributed by atoms with Gasteiger partial charge in [-0.2, -0.15) is 0 Å². The SMILES string of the molecule is NC(=O)C[C@H](N)C(=O)O.NC(=O)C[C@H](N)C(=O)O.O=C(O)[C@@H]1CCCN1. The van der Waals surface area contributed by atoms with E-state index in [0.29, 0.717) is 0 Å². The van der Waals surface area contributed by atoms with Crippen LogP contribution in [0.3, 0.4) is 0 Å². The smallest absolute Gasteiger partial charge is 0.321 e. The van der Waals surface area contributed by atoms with Crippen molar-refractivity contribution in [1.29, 1.82) is 0 Å². The molecule has 0 unspecified atom stereocenters. The van der Waals surface area contributed by atoms with Gasteiger partial charge in [0.2, 0.25) is 11.8 Å². The normalized spacial score (nSPS) is 17.4. The van der Waals surface area contributed by atoms with E-state index in [9.17, 15) is 24.0 Å². The number of nitrogens with one attached hydrogen (secondary N) is 1. The predicted octanol–water partition coefficient (Wildman–Crippen LogP) is -3.63. The summed E-state index contributed by atoms with van der Waals surface area (Å²) in [6, 6.07) is -2.60. The van der Waals surface area contributed by atoms with E-state index in [4.69, 9.17) is 26.8 Å². The second kappa shape index (κ2) is 13.5. The van der Waals surface area contributed by atoms with E-state index in [1.807, 2.05) is 0 Å². The maximum Gasteiger partial charge on any atom is 0.321 e. The second-order valence-corrected chi connectivity index (χ2v) is 5.22. The van der Waals surface area contributed by atoms with Crippen LogP contribution in [0.5, 0.6) is 0 Å². The molecule has 1 saturated heterocycles. The molecular formula is C13H25N5O8.